The number of rotatable bonds is 3. The van der Waals surface area contributed by atoms with Gasteiger partial charge in [0.1, 0.15) is 11.5 Å². The molecule has 1 fully saturated rings. The smallest absolute Gasteiger partial charge is 0.270 e. The van der Waals surface area contributed by atoms with Gasteiger partial charge in [-0.1, -0.05) is 24.0 Å². The van der Waals surface area contributed by atoms with E-state index in [0.29, 0.717) is 15.0 Å². The zero-order chi connectivity index (χ0) is 14.8. The third kappa shape index (κ3) is 2.72. The van der Waals surface area contributed by atoms with E-state index in [-0.39, 0.29) is 5.91 Å². The lowest BCUT2D eigenvalue weighted by atomic mass is 10.2. The van der Waals surface area contributed by atoms with Gasteiger partial charge in [0.2, 0.25) is 0 Å². The molecule has 0 unspecified atom stereocenters. The minimum atomic E-state index is -0.147. The van der Waals surface area contributed by atoms with Crippen LogP contribution < -0.4 is 9.64 Å². The number of thioether (sulfide) groups is 1. The van der Waals surface area contributed by atoms with Crippen LogP contribution in [0, 0.1) is 0 Å². The normalized spacial score (nSPS) is 16.8. The maximum absolute atomic E-state index is 12.5. The Bertz CT molecular complexity index is 705. The van der Waals surface area contributed by atoms with E-state index in [1.165, 1.54) is 16.7 Å². The molecule has 0 bridgehead atoms. The first-order valence-corrected chi connectivity index (χ1v) is 7.37. The summed E-state index contributed by atoms with van der Waals surface area (Å²) in [5.41, 5.74) is 0.723. The number of amides is 1. The Hall–Kier alpha value is -2.05. The molecule has 1 aromatic heterocycles. The molecule has 1 aliphatic rings. The number of nitrogens with zero attached hydrogens (tertiary/aromatic N) is 1. The Morgan fingerprint density at radius 2 is 2.05 bits per heavy atom. The van der Waals surface area contributed by atoms with Gasteiger partial charge < -0.3 is 9.15 Å². The third-order valence-corrected chi connectivity index (χ3v) is 4.24. The summed E-state index contributed by atoms with van der Waals surface area (Å²) < 4.78 is 10.8. The fourth-order valence-corrected chi connectivity index (χ4v) is 3.20. The molecule has 2 heterocycles. The van der Waals surface area contributed by atoms with Gasteiger partial charge in [-0.3, -0.25) is 9.69 Å². The van der Waals surface area contributed by atoms with E-state index < -0.39 is 0 Å². The van der Waals surface area contributed by atoms with Crippen molar-refractivity contribution < 1.29 is 13.9 Å². The number of benzene rings is 1. The summed E-state index contributed by atoms with van der Waals surface area (Å²) in [7, 11) is 1.60. The molecule has 0 aliphatic carbocycles. The lowest BCUT2D eigenvalue weighted by molar-refractivity contribution is -0.113. The van der Waals surface area contributed by atoms with E-state index in [1.54, 1.807) is 55.8 Å². The number of carbonyl (C=O) groups is 1. The molecule has 3 rings (SSSR count). The zero-order valence-corrected chi connectivity index (χ0v) is 12.7. The molecular weight excluding hydrogens is 306 g/mol. The van der Waals surface area contributed by atoms with Crippen molar-refractivity contribution in [2.45, 2.75) is 0 Å². The van der Waals surface area contributed by atoms with E-state index in [9.17, 15) is 4.79 Å². The Balaban J connectivity index is 1.90. The average molecular weight is 317 g/mol. The summed E-state index contributed by atoms with van der Waals surface area (Å²) in [4.78, 5) is 14.5. The Morgan fingerprint density at radius 1 is 1.29 bits per heavy atom. The maximum Gasteiger partial charge on any atom is 0.270 e. The zero-order valence-electron chi connectivity index (χ0n) is 11.1. The highest BCUT2D eigenvalue weighted by Gasteiger charge is 2.33. The van der Waals surface area contributed by atoms with Crippen LogP contribution in [0.15, 0.2) is 52.0 Å². The highest BCUT2D eigenvalue weighted by atomic mass is 32.2. The van der Waals surface area contributed by atoms with Crippen LogP contribution in [0.1, 0.15) is 5.76 Å². The Kier molecular flexibility index (Phi) is 3.81. The van der Waals surface area contributed by atoms with Crippen molar-refractivity contribution in [2.24, 2.45) is 0 Å². The molecule has 1 saturated heterocycles. The Morgan fingerprint density at radius 3 is 2.67 bits per heavy atom. The van der Waals surface area contributed by atoms with Crippen molar-refractivity contribution in [3.8, 4) is 5.75 Å². The van der Waals surface area contributed by atoms with Crippen LogP contribution >= 0.6 is 24.0 Å². The first-order chi connectivity index (χ1) is 10.2. The van der Waals surface area contributed by atoms with E-state index in [2.05, 4.69) is 0 Å². The lowest BCUT2D eigenvalue weighted by Crippen LogP contribution is -2.27. The van der Waals surface area contributed by atoms with Gasteiger partial charge in [0.05, 0.1) is 24.0 Å². The summed E-state index contributed by atoms with van der Waals surface area (Å²) in [6, 6.07) is 10.8. The monoisotopic (exact) mass is 317 g/mol. The standard InChI is InChI=1S/C15H11NO3S2/c1-18-11-6-4-10(5-7-11)16-14(17)13(21-15(16)20)9-12-3-2-8-19-12/h2-9H,1H3. The molecule has 1 amide bonds. The molecule has 0 spiro atoms. The predicted molar refractivity (Wildman–Crippen MR) is 87.4 cm³/mol. The second-order valence-electron chi connectivity index (χ2n) is 4.23. The molecule has 0 atom stereocenters. The van der Waals surface area contributed by atoms with Crippen molar-refractivity contribution in [3.05, 3.63) is 53.3 Å². The number of thiocarbonyl (C=S) groups is 1. The molecular formula is C15H11NO3S2. The third-order valence-electron chi connectivity index (χ3n) is 2.94. The average Bonchev–Trinajstić information content (AvgIpc) is 3.09. The topological polar surface area (TPSA) is 42.7 Å². The molecule has 1 aliphatic heterocycles. The van der Waals surface area contributed by atoms with Gasteiger partial charge in [-0.15, -0.1) is 0 Å². The highest BCUT2D eigenvalue weighted by Crippen LogP contribution is 2.36. The minimum absolute atomic E-state index is 0.147. The van der Waals surface area contributed by atoms with Crippen LogP contribution in [-0.2, 0) is 4.79 Å². The number of hydrogen-bond acceptors (Lipinski definition) is 5. The number of furan rings is 1. The van der Waals surface area contributed by atoms with Crippen LogP contribution in [0.4, 0.5) is 5.69 Å². The largest absolute Gasteiger partial charge is 0.497 e. The summed E-state index contributed by atoms with van der Waals surface area (Å²) in [6.45, 7) is 0. The second kappa shape index (κ2) is 5.75. The summed E-state index contributed by atoms with van der Waals surface area (Å²) in [5.74, 6) is 1.21. The molecule has 0 radical (unpaired) electrons. The highest BCUT2D eigenvalue weighted by molar-refractivity contribution is 8.27. The number of hydrogen-bond donors (Lipinski definition) is 0. The lowest BCUT2D eigenvalue weighted by Gasteiger charge is -2.14. The predicted octanol–water partition coefficient (Wildman–Crippen LogP) is 3.69. The van der Waals surface area contributed by atoms with Crippen molar-refractivity contribution in [1.82, 2.24) is 0 Å². The molecule has 4 nitrogen and oxygen atoms in total. The van der Waals surface area contributed by atoms with Crippen LogP contribution in [0.2, 0.25) is 0 Å². The molecule has 21 heavy (non-hydrogen) atoms. The molecule has 6 heteroatoms. The molecule has 0 N–H and O–H groups in total. The van der Waals surface area contributed by atoms with Gasteiger partial charge in [-0.2, -0.15) is 0 Å². The molecule has 1 aromatic carbocycles. The fraction of sp³-hybridized carbons (Fsp3) is 0.0667. The first-order valence-electron chi connectivity index (χ1n) is 6.14. The van der Waals surface area contributed by atoms with Crippen LogP contribution in [-0.4, -0.2) is 17.3 Å². The van der Waals surface area contributed by atoms with Gasteiger partial charge in [-0.25, -0.2) is 0 Å². The van der Waals surface area contributed by atoms with E-state index in [1.807, 2.05) is 0 Å². The second-order valence-corrected chi connectivity index (χ2v) is 5.91. The summed E-state index contributed by atoms with van der Waals surface area (Å²) in [6.07, 6.45) is 3.26. The van der Waals surface area contributed by atoms with E-state index >= 15 is 0 Å². The van der Waals surface area contributed by atoms with Crippen LogP contribution in [0.5, 0.6) is 5.75 Å². The van der Waals surface area contributed by atoms with Crippen molar-refractivity contribution in [1.29, 1.82) is 0 Å². The Labute approximate surface area is 131 Å². The minimum Gasteiger partial charge on any atom is -0.497 e. The number of methoxy groups -OCH3 is 1. The number of carbonyl (C=O) groups excluding carboxylic acids is 1. The van der Waals surface area contributed by atoms with Crippen molar-refractivity contribution in [2.75, 3.05) is 12.0 Å². The van der Waals surface area contributed by atoms with Crippen molar-refractivity contribution >= 4 is 46.0 Å². The van der Waals surface area contributed by atoms with Gasteiger partial charge in [-0.05, 0) is 36.4 Å². The molecule has 0 saturated carbocycles. The van der Waals surface area contributed by atoms with Gasteiger partial charge in [0.25, 0.3) is 5.91 Å². The molecule has 106 valence electrons. The van der Waals surface area contributed by atoms with Crippen molar-refractivity contribution in [3.63, 3.8) is 0 Å². The van der Waals surface area contributed by atoms with Crippen LogP contribution in [0.25, 0.3) is 6.08 Å². The van der Waals surface area contributed by atoms with E-state index in [0.717, 1.165) is 11.4 Å². The maximum atomic E-state index is 12.5. The summed E-state index contributed by atoms with van der Waals surface area (Å²) >= 11 is 6.56. The quantitative estimate of drug-likeness (QED) is 0.638. The number of anilines is 1. The first kappa shape index (κ1) is 13.9. The molecule has 2 aromatic rings. The van der Waals surface area contributed by atoms with Gasteiger partial charge in [0.15, 0.2) is 4.32 Å². The van der Waals surface area contributed by atoms with Crippen LogP contribution in [0.3, 0.4) is 0 Å². The fourth-order valence-electron chi connectivity index (χ4n) is 1.92. The van der Waals surface area contributed by atoms with E-state index in [4.69, 9.17) is 21.4 Å². The van der Waals surface area contributed by atoms with Gasteiger partial charge in [0, 0.05) is 6.08 Å². The number of ether oxygens (including phenoxy) is 1. The SMILES string of the molecule is COc1ccc(N2C(=O)C(=Cc3ccco3)SC2=S)cc1. The van der Waals surface area contributed by atoms with Gasteiger partial charge >= 0.3 is 0 Å². The summed E-state index contributed by atoms with van der Waals surface area (Å²) in [5, 5.41) is 0.